The molecule has 0 aromatic carbocycles. The van der Waals surface area contributed by atoms with Crippen molar-refractivity contribution in [3.63, 3.8) is 0 Å². The molecule has 1 aliphatic heterocycles. The maximum atomic E-state index is 12.7. The Morgan fingerprint density at radius 1 is 1.30 bits per heavy atom. The summed E-state index contributed by atoms with van der Waals surface area (Å²) in [6.07, 6.45) is 7.18. The summed E-state index contributed by atoms with van der Waals surface area (Å²) in [6, 6.07) is 4.78. The average Bonchev–Trinajstić information content (AvgIpc) is 3.03. The first-order valence-corrected chi connectivity index (χ1v) is 8.67. The predicted octanol–water partition coefficient (Wildman–Crippen LogP) is 3.60. The first-order chi connectivity index (χ1) is 9.70. The van der Waals surface area contributed by atoms with E-state index < -0.39 is 0 Å². The van der Waals surface area contributed by atoms with Gasteiger partial charge >= 0.3 is 0 Å². The Kier molecular flexibility index (Phi) is 4.13. The van der Waals surface area contributed by atoms with Crippen LogP contribution in [0.15, 0.2) is 12.1 Å². The van der Waals surface area contributed by atoms with Crippen LogP contribution in [0, 0.1) is 6.92 Å². The number of carbonyl (C=O) groups is 1. The molecular formula is C16H24N2OS. The van der Waals surface area contributed by atoms with Gasteiger partial charge in [0.2, 0.25) is 5.91 Å². The van der Waals surface area contributed by atoms with E-state index in [2.05, 4.69) is 36.2 Å². The molecule has 3 rings (SSSR count). The zero-order valence-corrected chi connectivity index (χ0v) is 13.2. The van der Waals surface area contributed by atoms with Crippen molar-refractivity contribution >= 4 is 17.2 Å². The molecule has 1 aromatic heterocycles. The van der Waals surface area contributed by atoms with Crippen molar-refractivity contribution in [1.29, 1.82) is 0 Å². The smallest absolute Gasteiger partial charge is 0.241 e. The van der Waals surface area contributed by atoms with E-state index in [-0.39, 0.29) is 12.2 Å². The Bertz CT molecular complexity index is 479. The average molecular weight is 292 g/mol. The summed E-state index contributed by atoms with van der Waals surface area (Å²) in [5.74, 6) is 0.315. The van der Waals surface area contributed by atoms with Crippen LogP contribution in [0.5, 0.6) is 0 Å². The Hall–Kier alpha value is -0.870. The summed E-state index contributed by atoms with van der Waals surface area (Å²) in [4.78, 5) is 17.5. The van der Waals surface area contributed by atoms with Crippen LogP contribution in [0.4, 0.5) is 0 Å². The van der Waals surface area contributed by atoms with Gasteiger partial charge in [-0.3, -0.25) is 10.1 Å². The lowest BCUT2D eigenvalue weighted by Gasteiger charge is -2.34. The SMILES string of the molecule is CCC1NC(c2ccc(C)s2)N(C2CCCCC2)C1=O. The molecular weight excluding hydrogens is 268 g/mol. The lowest BCUT2D eigenvalue weighted by molar-refractivity contribution is -0.133. The number of amides is 1. The van der Waals surface area contributed by atoms with Crippen LogP contribution in [-0.4, -0.2) is 22.9 Å². The van der Waals surface area contributed by atoms with Gasteiger partial charge < -0.3 is 4.90 Å². The number of nitrogens with zero attached hydrogens (tertiary/aromatic N) is 1. The van der Waals surface area contributed by atoms with Gasteiger partial charge in [0.25, 0.3) is 0 Å². The second-order valence-electron chi connectivity index (χ2n) is 6.02. The van der Waals surface area contributed by atoms with E-state index in [9.17, 15) is 4.79 Å². The van der Waals surface area contributed by atoms with Crippen molar-refractivity contribution < 1.29 is 4.79 Å². The maximum Gasteiger partial charge on any atom is 0.241 e. The molecule has 0 radical (unpaired) electrons. The molecule has 1 saturated carbocycles. The molecule has 2 atom stereocenters. The number of aryl methyl sites for hydroxylation is 1. The second kappa shape index (κ2) is 5.86. The van der Waals surface area contributed by atoms with Crippen LogP contribution < -0.4 is 5.32 Å². The molecule has 3 nitrogen and oxygen atoms in total. The quantitative estimate of drug-likeness (QED) is 0.923. The van der Waals surface area contributed by atoms with Crippen LogP contribution >= 0.6 is 11.3 Å². The van der Waals surface area contributed by atoms with Crippen LogP contribution in [0.3, 0.4) is 0 Å². The lowest BCUT2D eigenvalue weighted by atomic mass is 9.93. The van der Waals surface area contributed by atoms with Crippen LogP contribution in [0.1, 0.15) is 61.4 Å². The van der Waals surface area contributed by atoms with Crippen molar-refractivity contribution in [2.75, 3.05) is 0 Å². The second-order valence-corrected chi connectivity index (χ2v) is 7.34. The molecule has 1 aliphatic carbocycles. The highest BCUT2D eigenvalue weighted by molar-refractivity contribution is 7.12. The van der Waals surface area contributed by atoms with Crippen molar-refractivity contribution in [2.24, 2.45) is 0 Å². The van der Waals surface area contributed by atoms with Gasteiger partial charge in [-0.1, -0.05) is 26.2 Å². The lowest BCUT2D eigenvalue weighted by Crippen LogP contribution is -2.41. The molecule has 2 heterocycles. The first-order valence-electron chi connectivity index (χ1n) is 7.85. The van der Waals surface area contributed by atoms with E-state index in [1.165, 1.54) is 41.9 Å². The van der Waals surface area contributed by atoms with Gasteiger partial charge in [-0.15, -0.1) is 11.3 Å². The van der Waals surface area contributed by atoms with Crippen molar-refractivity contribution in [3.05, 3.63) is 21.9 Å². The van der Waals surface area contributed by atoms with Gasteiger partial charge in [-0.2, -0.15) is 0 Å². The van der Waals surface area contributed by atoms with Gasteiger partial charge in [0.15, 0.2) is 0 Å². The minimum absolute atomic E-state index is 0.00401. The topological polar surface area (TPSA) is 32.3 Å². The monoisotopic (exact) mass is 292 g/mol. The summed E-state index contributed by atoms with van der Waals surface area (Å²) in [5, 5.41) is 3.55. The summed E-state index contributed by atoms with van der Waals surface area (Å²) < 4.78 is 0. The molecule has 4 heteroatoms. The third-order valence-electron chi connectivity index (χ3n) is 4.60. The molecule has 1 saturated heterocycles. The standard InChI is InChI=1S/C16H24N2OS/c1-3-13-16(19)18(12-7-5-4-6-8-12)15(17-13)14-10-9-11(2)20-14/h9-10,12-13,15,17H,3-8H2,1-2H3. The highest BCUT2D eigenvalue weighted by Gasteiger charge is 2.42. The van der Waals surface area contributed by atoms with Gasteiger partial charge in [-0.25, -0.2) is 0 Å². The predicted molar refractivity (Wildman–Crippen MR) is 82.7 cm³/mol. The normalized spacial score (nSPS) is 28.3. The Morgan fingerprint density at radius 3 is 2.65 bits per heavy atom. The maximum absolute atomic E-state index is 12.7. The minimum atomic E-state index is 0.00401. The number of hydrogen-bond acceptors (Lipinski definition) is 3. The fourth-order valence-corrected chi connectivity index (χ4v) is 4.45. The number of carbonyl (C=O) groups excluding carboxylic acids is 1. The highest BCUT2D eigenvalue weighted by atomic mass is 32.1. The van der Waals surface area contributed by atoms with Gasteiger partial charge in [0.1, 0.15) is 6.17 Å². The molecule has 1 N–H and O–H groups in total. The van der Waals surface area contributed by atoms with E-state index in [1.54, 1.807) is 0 Å². The number of rotatable bonds is 3. The highest BCUT2D eigenvalue weighted by Crippen LogP contribution is 2.36. The van der Waals surface area contributed by atoms with Crippen molar-refractivity contribution in [2.45, 2.75) is 70.6 Å². The van der Waals surface area contributed by atoms with Crippen molar-refractivity contribution in [3.8, 4) is 0 Å². The molecule has 20 heavy (non-hydrogen) atoms. The van der Waals surface area contributed by atoms with Gasteiger partial charge in [0, 0.05) is 15.8 Å². The third kappa shape index (κ3) is 2.51. The zero-order chi connectivity index (χ0) is 14.1. The van der Waals surface area contributed by atoms with Gasteiger partial charge in [-0.05, 0) is 38.3 Å². The van der Waals surface area contributed by atoms with E-state index in [4.69, 9.17) is 0 Å². The Balaban J connectivity index is 1.87. The third-order valence-corrected chi connectivity index (χ3v) is 5.65. The molecule has 1 amide bonds. The molecule has 1 aromatic rings. The van der Waals surface area contributed by atoms with E-state index in [0.717, 1.165) is 6.42 Å². The zero-order valence-electron chi connectivity index (χ0n) is 12.4. The van der Waals surface area contributed by atoms with E-state index in [1.807, 2.05) is 11.3 Å². The van der Waals surface area contributed by atoms with Crippen LogP contribution in [-0.2, 0) is 4.79 Å². The fourth-order valence-electron chi connectivity index (χ4n) is 3.51. The summed E-state index contributed by atoms with van der Waals surface area (Å²) in [5.41, 5.74) is 0. The Morgan fingerprint density at radius 2 is 2.05 bits per heavy atom. The molecule has 2 aliphatic rings. The molecule has 110 valence electrons. The summed E-state index contributed by atoms with van der Waals surface area (Å²) in [6.45, 7) is 4.23. The first kappa shape index (κ1) is 14.1. The van der Waals surface area contributed by atoms with E-state index in [0.29, 0.717) is 11.9 Å². The summed E-state index contributed by atoms with van der Waals surface area (Å²) >= 11 is 1.81. The largest absolute Gasteiger partial charge is 0.318 e. The number of hydrogen-bond donors (Lipinski definition) is 1. The van der Waals surface area contributed by atoms with Crippen LogP contribution in [0.2, 0.25) is 0 Å². The number of thiophene rings is 1. The molecule has 0 spiro atoms. The number of nitrogens with one attached hydrogen (secondary N) is 1. The molecule has 2 unspecified atom stereocenters. The summed E-state index contributed by atoms with van der Waals surface area (Å²) in [7, 11) is 0. The van der Waals surface area contributed by atoms with Crippen molar-refractivity contribution in [1.82, 2.24) is 10.2 Å². The fraction of sp³-hybridized carbons (Fsp3) is 0.688. The molecule has 0 bridgehead atoms. The minimum Gasteiger partial charge on any atom is -0.318 e. The Labute approximate surface area is 125 Å². The van der Waals surface area contributed by atoms with Gasteiger partial charge in [0.05, 0.1) is 6.04 Å². The molecule has 2 fully saturated rings. The van der Waals surface area contributed by atoms with Crippen LogP contribution in [0.25, 0.3) is 0 Å². The van der Waals surface area contributed by atoms with E-state index >= 15 is 0 Å².